The van der Waals surface area contributed by atoms with Gasteiger partial charge in [-0.05, 0) is 48.0 Å². The maximum absolute atomic E-state index is 14.0. The van der Waals surface area contributed by atoms with Gasteiger partial charge in [-0.25, -0.2) is 21.6 Å². The van der Waals surface area contributed by atoms with Gasteiger partial charge in [0.05, 0.1) is 15.3 Å². The van der Waals surface area contributed by atoms with Crippen LogP contribution in [-0.4, -0.2) is 13.4 Å². The van der Waals surface area contributed by atoms with Gasteiger partial charge in [0.2, 0.25) is 9.84 Å². The van der Waals surface area contributed by atoms with Gasteiger partial charge in [0.15, 0.2) is 11.6 Å². The second kappa shape index (κ2) is 7.58. The van der Waals surface area contributed by atoms with Gasteiger partial charge < -0.3 is 0 Å². The third-order valence-corrected chi connectivity index (χ3v) is 6.62. The van der Waals surface area contributed by atoms with Crippen LogP contribution in [0.25, 0.3) is 22.0 Å². The molecule has 30 heavy (non-hydrogen) atoms. The number of nitrogens with zero attached hydrogens (tertiary/aromatic N) is 1. The van der Waals surface area contributed by atoms with Crippen LogP contribution < -0.4 is 0 Å². The average molecular weight is 468 g/mol. The molecule has 0 aliphatic carbocycles. The summed E-state index contributed by atoms with van der Waals surface area (Å²) in [5.41, 5.74) is 0.285. The molecule has 0 radical (unpaired) electrons. The Bertz CT molecular complexity index is 1410. The van der Waals surface area contributed by atoms with Crippen molar-refractivity contribution in [3.8, 4) is 11.1 Å². The Morgan fingerprint density at radius 3 is 2.17 bits per heavy atom. The van der Waals surface area contributed by atoms with E-state index in [-0.39, 0.29) is 41.9 Å². The van der Waals surface area contributed by atoms with Gasteiger partial charge in [-0.1, -0.05) is 29.3 Å². The highest BCUT2D eigenvalue weighted by Gasteiger charge is 2.26. The third-order valence-electron chi connectivity index (χ3n) is 4.44. The summed E-state index contributed by atoms with van der Waals surface area (Å²) < 4.78 is 67.9. The van der Waals surface area contributed by atoms with Crippen molar-refractivity contribution >= 4 is 43.9 Å². The molecule has 152 valence electrons. The highest BCUT2D eigenvalue weighted by Crippen LogP contribution is 2.38. The lowest BCUT2D eigenvalue weighted by Crippen LogP contribution is -2.06. The van der Waals surface area contributed by atoms with Crippen LogP contribution in [-0.2, 0) is 9.84 Å². The van der Waals surface area contributed by atoms with E-state index in [1.54, 1.807) is 0 Å². The molecule has 4 aromatic rings. The molecule has 0 saturated heterocycles. The topological polar surface area (TPSA) is 47.0 Å². The van der Waals surface area contributed by atoms with Crippen molar-refractivity contribution in [2.45, 2.75) is 9.79 Å². The van der Waals surface area contributed by atoms with Crippen LogP contribution >= 0.6 is 23.2 Å². The maximum Gasteiger partial charge on any atom is 0.208 e. The van der Waals surface area contributed by atoms with E-state index in [1.807, 2.05) is 0 Å². The Morgan fingerprint density at radius 2 is 1.50 bits per heavy atom. The van der Waals surface area contributed by atoms with Crippen molar-refractivity contribution in [2.24, 2.45) is 0 Å². The molecule has 1 heterocycles. The lowest BCUT2D eigenvalue weighted by Gasteiger charge is -2.14. The van der Waals surface area contributed by atoms with Crippen LogP contribution in [0.2, 0.25) is 10.0 Å². The summed E-state index contributed by atoms with van der Waals surface area (Å²) in [7, 11) is -4.23. The van der Waals surface area contributed by atoms with E-state index in [2.05, 4.69) is 4.98 Å². The summed E-state index contributed by atoms with van der Waals surface area (Å²) in [4.78, 5) is 3.56. The summed E-state index contributed by atoms with van der Waals surface area (Å²) in [6.07, 6.45) is 1.04. The number of pyridine rings is 1. The summed E-state index contributed by atoms with van der Waals surface area (Å²) in [5.74, 6) is -2.83. The Balaban J connectivity index is 2.09. The quantitative estimate of drug-likeness (QED) is 0.347. The van der Waals surface area contributed by atoms with Gasteiger partial charge in [0.1, 0.15) is 5.82 Å². The molecule has 0 N–H and O–H groups in total. The molecule has 0 fully saturated rings. The van der Waals surface area contributed by atoms with Crippen LogP contribution in [0.15, 0.2) is 70.6 Å². The van der Waals surface area contributed by atoms with Gasteiger partial charge in [-0.2, -0.15) is 0 Å². The predicted molar refractivity (Wildman–Crippen MR) is 109 cm³/mol. The van der Waals surface area contributed by atoms with Gasteiger partial charge in [0, 0.05) is 33.3 Å². The van der Waals surface area contributed by atoms with E-state index in [0.717, 1.165) is 30.5 Å². The highest BCUT2D eigenvalue weighted by atomic mass is 35.5. The normalized spacial score (nSPS) is 11.8. The molecular weight excluding hydrogens is 458 g/mol. The zero-order valence-electron chi connectivity index (χ0n) is 14.8. The van der Waals surface area contributed by atoms with Crippen molar-refractivity contribution < 1.29 is 21.6 Å². The molecule has 0 aliphatic heterocycles. The van der Waals surface area contributed by atoms with Crippen molar-refractivity contribution in [2.75, 3.05) is 0 Å². The smallest absolute Gasteiger partial charge is 0.208 e. The highest BCUT2D eigenvalue weighted by molar-refractivity contribution is 7.91. The van der Waals surface area contributed by atoms with Crippen LogP contribution in [0.3, 0.4) is 0 Å². The van der Waals surface area contributed by atoms with Gasteiger partial charge >= 0.3 is 0 Å². The Labute approximate surface area is 179 Å². The standard InChI is InChI=1S/C21H10Cl2F3NO2S/c22-12-6-13(23)8-15(7-12)30(28,29)20-10-27-19-9-14(24)2-3-16(19)21(20)11-1-4-17(25)18(26)5-11/h1-10H. The van der Waals surface area contributed by atoms with E-state index in [1.165, 1.54) is 30.3 Å². The predicted octanol–water partition coefficient (Wildman–Crippen LogP) is 6.46. The van der Waals surface area contributed by atoms with Crippen LogP contribution in [0.4, 0.5) is 13.2 Å². The summed E-state index contributed by atoms with van der Waals surface area (Å²) in [5, 5.41) is 0.453. The number of hydrogen-bond donors (Lipinski definition) is 0. The average Bonchev–Trinajstić information content (AvgIpc) is 2.68. The van der Waals surface area contributed by atoms with Crippen LogP contribution in [0.5, 0.6) is 0 Å². The Hall–Kier alpha value is -2.61. The van der Waals surface area contributed by atoms with Crippen molar-refractivity contribution in [3.05, 3.63) is 88.3 Å². The molecular formula is C21H10Cl2F3NO2S. The molecule has 1 aromatic heterocycles. The molecule has 4 rings (SSSR count). The van der Waals surface area contributed by atoms with Crippen molar-refractivity contribution in [1.29, 1.82) is 0 Å². The second-order valence-electron chi connectivity index (χ2n) is 6.40. The third kappa shape index (κ3) is 3.64. The molecule has 0 atom stereocenters. The van der Waals surface area contributed by atoms with Crippen molar-refractivity contribution in [1.82, 2.24) is 4.98 Å². The van der Waals surface area contributed by atoms with Crippen LogP contribution in [0, 0.1) is 17.5 Å². The first-order valence-corrected chi connectivity index (χ1v) is 10.7. The minimum absolute atomic E-state index is 0.0509. The number of rotatable bonds is 3. The molecule has 0 saturated carbocycles. The second-order valence-corrected chi connectivity index (χ2v) is 9.19. The monoisotopic (exact) mass is 467 g/mol. The van der Waals surface area contributed by atoms with E-state index < -0.39 is 27.3 Å². The van der Waals surface area contributed by atoms with Crippen molar-refractivity contribution in [3.63, 3.8) is 0 Å². The number of aromatic nitrogens is 1. The number of sulfone groups is 1. The van der Waals surface area contributed by atoms with Gasteiger partial charge in [-0.3, -0.25) is 4.98 Å². The molecule has 0 bridgehead atoms. The minimum atomic E-state index is -4.23. The van der Waals surface area contributed by atoms with E-state index in [9.17, 15) is 21.6 Å². The maximum atomic E-state index is 14.0. The minimum Gasteiger partial charge on any atom is -0.255 e. The molecule has 0 spiro atoms. The number of hydrogen-bond acceptors (Lipinski definition) is 3. The fourth-order valence-corrected chi connectivity index (χ4v) is 5.27. The molecule has 3 nitrogen and oxygen atoms in total. The molecule has 0 unspecified atom stereocenters. The zero-order chi connectivity index (χ0) is 21.6. The molecule has 3 aromatic carbocycles. The number of halogens is 5. The fourth-order valence-electron chi connectivity index (χ4n) is 3.11. The van der Waals surface area contributed by atoms with Crippen LogP contribution in [0.1, 0.15) is 0 Å². The Kier molecular flexibility index (Phi) is 5.22. The summed E-state index contributed by atoms with van der Waals surface area (Å²) >= 11 is 11.9. The Morgan fingerprint density at radius 1 is 0.800 bits per heavy atom. The molecule has 9 heteroatoms. The molecule has 0 amide bonds. The number of benzene rings is 3. The SMILES string of the molecule is O=S(=O)(c1cc(Cl)cc(Cl)c1)c1cnc2cc(F)ccc2c1-c1ccc(F)c(F)c1. The lowest BCUT2D eigenvalue weighted by atomic mass is 10.0. The fraction of sp³-hybridized carbons (Fsp3) is 0. The summed E-state index contributed by atoms with van der Waals surface area (Å²) in [6.45, 7) is 0. The number of fused-ring (bicyclic) bond motifs is 1. The first-order valence-electron chi connectivity index (χ1n) is 8.42. The first kappa shape index (κ1) is 20.7. The largest absolute Gasteiger partial charge is 0.255 e. The van der Waals surface area contributed by atoms with E-state index >= 15 is 0 Å². The molecule has 0 aliphatic rings. The van der Waals surface area contributed by atoms with E-state index in [4.69, 9.17) is 23.2 Å². The zero-order valence-corrected chi connectivity index (χ0v) is 17.2. The van der Waals surface area contributed by atoms with E-state index in [0.29, 0.717) is 0 Å². The van der Waals surface area contributed by atoms with Gasteiger partial charge in [-0.15, -0.1) is 0 Å². The van der Waals surface area contributed by atoms with Gasteiger partial charge in [0.25, 0.3) is 0 Å². The lowest BCUT2D eigenvalue weighted by molar-refractivity contribution is 0.509. The summed E-state index contributed by atoms with van der Waals surface area (Å²) in [6, 6.07) is 10.4. The first-order chi connectivity index (χ1) is 14.2.